The summed E-state index contributed by atoms with van der Waals surface area (Å²) in [5, 5.41) is 15.5. The van der Waals surface area contributed by atoms with Crippen molar-refractivity contribution in [2.45, 2.75) is 101 Å². The van der Waals surface area contributed by atoms with Gasteiger partial charge in [0.2, 0.25) is 0 Å². The molecule has 4 N–H and O–H groups in total. The van der Waals surface area contributed by atoms with E-state index in [-0.39, 0.29) is 25.2 Å². The molecule has 2 heterocycles. The second kappa shape index (κ2) is 13.7. The molecule has 4 rings (SSSR count). The number of nitrogens with zero attached hydrogens (tertiary/aromatic N) is 1. The van der Waals surface area contributed by atoms with Crippen LogP contribution in [-0.2, 0) is 13.1 Å². The zero-order valence-corrected chi connectivity index (χ0v) is 21.5. The van der Waals surface area contributed by atoms with Crippen molar-refractivity contribution in [3.8, 4) is 0 Å². The maximum absolute atomic E-state index is 5.06. The molecule has 2 fully saturated rings. The molecule has 2 bridgehead atoms. The zero-order valence-electron chi connectivity index (χ0n) is 18.8. The first-order chi connectivity index (χ1) is 15.1. The Morgan fingerprint density at radius 1 is 0.742 bits per heavy atom. The van der Waals surface area contributed by atoms with E-state index < -0.39 is 0 Å². The second-order valence-electron chi connectivity index (χ2n) is 9.22. The van der Waals surface area contributed by atoms with Crippen molar-refractivity contribution in [3.05, 3.63) is 29.6 Å². The maximum atomic E-state index is 5.06. The molecule has 0 radical (unpaired) electrons. The molecule has 0 aromatic carbocycles. The Kier molecular flexibility index (Phi) is 11.4. The predicted octanol–water partition coefficient (Wildman–Crippen LogP) is 4.57. The van der Waals surface area contributed by atoms with Gasteiger partial charge in [0, 0.05) is 49.3 Å². The zero-order chi connectivity index (χ0) is 22.1. The normalized spacial score (nSPS) is 34.7. The molecule has 177 valence electrons. The van der Waals surface area contributed by atoms with Gasteiger partial charge in [-0.25, -0.2) is 0 Å². The second-order valence-corrected chi connectivity index (χ2v) is 11.2. The van der Waals surface area contributed by atoms with Crippen molar-refractivity contribution in [2.24, 2.45) is 0 Å². The monoisotopic (exact) mass is 510 g/mol. The van der Waals surface area contributed by atoms with E-state index in [1.807, 2.05) is 0 Å². The van der Waals surface area contributed by atoms with Gasteiger partial charge in [0.25, 0.3) is 0 Å². The van der Waals surface area contributed by atoms with Crippen LogP contribution in [0, 0.1) is 0 Å². The summed E-state index contributed by atoms with van der Waals surface area (Å²) < 4.78 is 0. The van der Waals surface area contributed by atoms with Crippen LogP contribution >= 0.6 is 20.2 Å². The van der Waals surface area contributed by atoms with Gasteiger partial charge < -0.3 is 21.3 Å². The van der Waals surface area contributed by atoms with Crippen LogP contribution in [0.3, 0.4) is 0 Å². The average molecular weight is 511 g/mol. The van der Waals surface area contributed by atoms with Gasteiger partial charge in [-0.15, -0.1) is 0 Å². The Labute approximate surface area is 203 Å². The number of aromatic nitrogens is 1. The van der Waals surface area contributed by atoms with E-state index in [9.17, 15) is 0 Å². The molecule has 5 nitrogen and oxygen atoms in total. The van der Waals surface area contributed by atoms with Crippen LogP contribution < -0.4 is 21.3 Å². The molecule has 0 saturated heterocycles. The minimum absolute atomic E-state index is 0.00694. The standard InChI is InChI=1S/C23H39N5.2ClH.Mn/c1-16-18-12-7-13-19(28-18)17(2)27-23-11-6-4-9-21(23)25-15-14-24-20-8-3-5-10-22(20)26-16;;;/h7,12-13,16-17,20-27H,3-6,8-11,14-15H2,1-2H3;2*1H;/q;;;+2/p-2/t16-,17+,20?,21?,22-,23?;;;/m1.../s1. The van der Waals surface area contributed by atoms with Crippen molar-refractivity contribution >= 4 is 20.2 Å². The Bertz CT molecular complexity index is 603. The topological polar surface area (TPSA) is 61.0 Å². The van der Waals surface area contributed by atoms with Crippen molar-refractivity contribution in [1.29, 1.82) is 0 Å². The predicted molar refractivity (Wildman–Crippen MR) is 127 cm³/mol. The van der Waals surface area contributed by atoms with Crippen LogP contribution in [0.25, 0.3) is 0 Å². The quantitative estimate of drug-likeness (QED) is 0.385. The van der Waals surface area contributed by atoms with Crippen LogP contribution in [0.1, 0.15) is 88.7 Å². The van der Waals surface area contributed by atoms with Gasteiger partial charge in [0.15, 0.2) is 0 Å². The Balaban J connectivity index is 0.000000858. The van der Waals surface area contributed by atoms with E-state index in [1.165, 1.54) is 62.8 Å². The molecule has 3 unspecified atom stereocenters. The third-order valence-electron chi connectivity index (χ3n) is 7.08. The van der Waals surface area contributed by atoms with Crippen molar-refractivity contribution in [2.75, 3.05) is 13.1 Å². The first kappa shape index (κ1) is 25.7. The van der Waals surface area contributed by atoms with E-state index in [1.54, 1.807) is 0 Å². The van der Waals surface area contributed by atoms with E-state index >= 15 is 0 Å². The fourth-order valence-electron chi connectivity index (χ4n) is 5.43. The van der Waals surface area contributed by atoms with Crippen molar-refractivity contribution in [1.82, 2.24) is 26.3 Å². The molecule has 1 aromatic rings. The fraction of sp³-hybridized carbons (Fsp3) is 0.783. The Hall–Kier alpha value is 0.0895. The molecular formula is C23H39Cl2MnN5. The number of hydrogen-bond acceptors (Lipinski definition) is 5. The van der Waals surface area contributed by atoms with Gasteiger partial charge >= 0.3 is 33.3 Å². The van der Waals surface area contributed by atoms with Gasteiger partial charge in [0.1, 0.15) is 0 Å². The molecule has 1 aromatic heterocycles. The molecule has 2 saturated carbocycles. The fourth-order valence-corrected chi connectivity index (χ4v) is 5.43. The third-order valence-corrected chi connectivity index (χ3v) is 7.08. The van der Waals surface area contributed by atoms with Gasteiger partial charge in [0.05, 0.1) is 11.4 Å². The summed E-state index contributed by atoms with van der Waals surface area (Å²) in [7, 11) is 9.59. The van der Waals surface area contributed by atoms with Crippen LogP contribution in [0.2, 0.25) is 0 Å². The molecule has 31 heavy (non-hydrogen) atoms. The van der Waals surface area contributed by atoms with Crippen LogP contribution in [-0.4, -0.2) is 42.2 Å². The molecule has 0 spiro atoms. The molecule has 3 aliphatic rings. The number of hydrogen-bond donors (Lipinski definition) is 4. The molecule has 8 heteroatoms. The third kappa shape index (κ3) is 7.82. The van der Waals surface area contributed by atoms with Crippen molar-refractivity contribution < 1.29 is 13.1 Å². The van der Waals surface area contributed by atoms with Crippen LogP contribution in [0.5, 0.6) is 0 Å². The van der Waals surface area contributed by atoms with Gasteiger partial charge in [-0.3, -0.25) is 4.98 Å². The first-order valence-corrected chi connectivity index (χ1v) is 15.2. The summed E-state index contributed by atoms with van der Waals surface area (Å²) in [6.45, 7) is 6.66. The van der Waals surface area contributed by atoms with E-state index in [0.717, 1.165) is 13.1 Å². The Morgan fingerprint density at radius 3 is 1.55 bits per heavy atom. The Morgan fingerprint density at radius 2 is 1.13 bits per heavy atom. The molecule has 6 atom stereocenters. The van der Waals surface area contributed by atoms with E-state index in [2.05, 4.69) is 53.3 Å². The summed E-state index contributed by atoms with van der Waals surface area (Å²) in [4.78, 5) is 5.06. The van der Waals surface area contributed by atoms with Gasteiger partial charge in [-0.1, -0.05) is 31.7 Å². The van der Waals surface area contributed by atoms with Crippen LogP contribution in [0.15, 0.2) is 18.2 Å². The summed E-state index contributed by atoms with van der Waals surface area (Å²) in [5.41, 5.74) is 2.34. The van der Waals surface area contributed by atoms with Gasteiger partial charge in [-0.05, 0) is 51.7 Å². The summed E-state index contributed by atoms with van der Waals surface area (Å²) >= 11 is 0.00694. The summed E-state index contributed by atoms with van der Waals surface area (Å²) in [5.74, 6) is 0. The number of rotatable bonds is 0. The first-order valence-electron chi connectivity index (χ1n) is 11.9. The SMILES string of the molecule is C[C@@H]1NC2CCCCC2NCCNC2CCCC[C@H]2N[C@H](C)c2cccc1n2.[Cl][Mn][Cl]. The van der Waals surface area contributed by atoms with E-state index in [4.69, 9.17) is 25.2 Å². The number of halogens is 2. The number of pyridine rings is 1. The number of fused-ring (bicyclic) bond motifs is 4. The van der Waals surface area contributed by atoms with E-state index in [0.29, 0.717) is 24.2 Å². The summed E-state index contributed by atoms with van der Waals surface area (Å²) in [6.07, 6.45) is 10.4. The van der Waals surface area contributed by atoms with Gasteiger partial charge in [-0.2, -0.15) is 0 Å². The molecule has 0 amide bonds. The number of nitrogens with one attached hydrogen (secondary N) is 4. The summed E-state index contributed by atoms with van der Waals surface area (Å²) in [6, 6.07) is 9.34. The molecule has 1 aliphatic heterocycles. The van der Waals surface area contributed by atoms with Crippen molar-refractivity contribution in [3.63, 3.8) is 0 Å². The molecule has 2 aliphatic carbocycles. The average Bonchev–Trinajstić information content (AvgIpc) is 2.79. The minimum atomic E-state index is 0.00694. The van der Waals surface area contributed by atoms with Crippen LogP contribution in [0.4, 0.5) is 0 Å². The molecular weight excluding hydrogens is 472 g/mol.